The third kappa shape index (κ3) is 7.48. The van der Waals surface area contributed by atoms with Gasteiger partial charge in [-0.2, -0.15) is 0 Å². The van der Waals surface area contributed by atoms with Crippen molar-refractivity contribution in [2.45, 2.75) is 77.7 Å². The minimum Gasteiger partial charge on any atom is -0.436 e. The summed E-state index contributed by atoms with van der Waals surface area (Å²) in [7, 11) is 0. The summed E-state index contributed by atoms with van der Waals surface area (Å²) in [5.74, 6) is 0. The maximum atomic E-state index is 5.95. The zero-order valence-electron chi connectivity index (χ0n) is 12.5. The van der Waals surface area contributed by atoms with E-state index in [1.54, 1.807) is 0 Å². The number of rotatable bonds is 8. The van der Waals surface area contributed by atoms with E-state index in [4.69, 9.17) is 9.31 Å². The second kappa shape index (κ2) is 10.9. The second-order valence-corrected chi connectivity index (χ2v) is 5.55. The quantitative estimate of drug-likeness (QED) is 0.471. The first-order valence-corrected chi connectivity index (χ1v) is 8.10. The Morgan fingerprint density at radius 2 is 1.11 bits per heavy atom. The first-order valence-electron chi connectivity index (χ1n) is 8.10. The Hall–Kier alpha value is 0.0499. The van der Waals surface area contributed by atoms with Gasteiger partial charge in [0.25, 0.3) is 13.8 Å². The summed E-state index contributed by atoms with van der Waals surface area (Å²) in [6, 6.07) is 0. The van der Waals surface area contributed by atoms with Crippen LogP contribution in [0.2, 0.25) is 25.3 Å². The lowest BCUT2D eigenvalue weighted by molar-refractivity contribution is 0.300. The van der Waals surface area contributed by atoms with Crippen LogP contribution in [0.1, 0.15) is 52.4 Å². The fourth-order valence-corrected chi connectivity index (χ4v) is 2.56. The summed E-state index contributed by atoms with van der Waals surface area (Å²) in [5, 5.41) is 0. The predicted molar refractivity (Wildman–Crippen MR) is 81.7 cm³/mol. The van der Waals surface area contributed by atoms with Crippen LogP contribution in [0.15, 0.2) is 0 Å². The maximum absolute atomic E-state index is 5.95. The molecular weight excluding hydrogens is 222 g/mol. The summed E-state index contributed by atoms with van der Waals surface area (Å²) in [4.78, 5) is 0. The molecule has 0 atom stereocenters. The highest BCUT2D eigenvalue weighted by Crippen LogP contribution is 2.21. The average molecular weight is 252 g/mol. The molecule has 0 amide bonds. The van der Waals surface area contributed by atoms with Gasteiger partial charge in [-0.3, -0.25) is 0 Å². The monoisotopic (exact) mass is 252 g/mol. The highest BCUT2D eigenvalue weighted by molar-refractivity contribution is 6.55. The van der Waals surface area contributed by atoms with Crippen LogP contribution in [0.4, 0.5) is 0 Å². The third-order valence-corrected chi connectivity index (χ3v) is 3.81. The van der Waals surface area contributed by atoms with Gasteiger partial charge < -0.3 is 9.31 Å². The third-order valence-electron chi connectivity index (χ3n) is 3.81. The van der Waals surface area contributed by atoms with Gasteiger partial charge in [-0.15, -0.1) is 0 Å². The first kappa shape index (κ1) is 16.1. The Morgan fingerprint density at radius 1 is 0.722 bits per heavy atom. The Balaban J connectivity index is 2.11. The molecular formula is C14H30B2O2. The Bertz CT molecular complexity index is 163. The van der Waals surface area contributed by atoms with E-state index in [0.717, 1.165) is 13.2 Å². The largest absolute Gasteiger partial charge is 0.436 e. The molecule has 0 spiro atoms. The molecule has 1 saturated heterocycles. The summed E-state index contributed by atoms with van der Waals surface area (Å²) < 4.78 is 11.9. The number of hydrogen-bond acceptors (Lipinski definition) is 2. The van der Waals surface area contributed by atoms with Crippen molar-refractivity contribution in [1.82, 2.24) is 0 Å². The summed E-state index contributed by atoms with van der Waals surface area (Å²) in [5.41, 5.74) is 0. The second-order valence-electron chi connectivity index (χ2n) is 5.55. The van der Waals surface area contributed by atoms with E-state index in [9.17, 15) is 0 Å². The molecule has 4 heteroatoms. The molecule has 0 radical (unpaired) electrons. The molecule has 0 aromatic heterocycles. The van der Waals surface area contributed by atoms with E-state index in [-0.39, 0.29) is 0 Å². The normalized spacial score (nSPS) is 17.7. The van der Waals surface area contributed by atoms with Gasteiger partial charge in [-0.1, -0.05) is 39.5 Å². The number of hydrogen-bond donors (Lipinski definition) is 0. The smallest absolute Gasteiger partial charge is 0.292 e. The Labute approximate surface area is 114 Å². The fraction of sp³-hybridized carbons (Fsp3) is 1.00. The molecule has 0 aromatic rings. The van der Waals surface area contributed by atoms with Crippen LogP contribution < -0.4 is 0 Å². The summed E-state index contributed by atoms with van der Waals surface area (Å²) in [6.45, 7) is 7.40. The maximum Gasteiger partial charge on any atom is 0.292 e. The van der Waals surface area contributed by atoms with Crippen molar-refractivity contribution in [3.8, 4) is 0 Å². The standard InChI is InChI=1S/C14H30B2O2/c1-3-5-13-17-15-9-7-11-16(12-8-10-15)18-14-6-4-2/h3-14H2,1-2H3. The molecule has 0 bridgehead atoms. The molecule has 0 unspecified atom stereocenters. The molecule has 0 saturated carbocycles. The predicted octanol–water partition coefficient (Wildman–Crippen LogP) is 4.40. The van der Waals surface area contributed by atoms with Gasteiger partial charge >= 0.3 is 0 Å². The van der Waals surface area contributed by atoms with E-state index >= 15 is 0 Å². The van der Waals surface area contributed by atoms with Crippen molar-refractivity contribution in [2.24, 2.45) is 0 Å². The first-order chi connectivity index (χ1) is 8.86. The van der Waals surface area contributed by atoms with Crippen LogP contribution in [-0.2, 0) is 9.31 Å². The van der Waals surface area contributed by atoms with Gasteiger partial charge in [-0.05, 0) is 38.1 Å². The van der Waals surface area contributed by atoms with E-state index in [1.807, 2.05) is 0 Å². The van der Waals surface area contributed by atoms with Gasteiger partial charge in [0.05, 0.1) is 0 Å². The molecule has 1 fully saturated rings. The highest BCUT2D eigenvalue weighted by atomic mass is 16.4. The van der Waals surface area contributed by atoms with Crippen molar-refractivity contribution >= 4 is 13.8 Å². The summed E-state index contributed by atoms with van der Waals surface area (Å²) >= 11 is 0. The zero-order chi connectivity index (χ0) is 13.1. The fourth-order valence-electron chi connectivity index (χ4n) is 2.56. The van der Waals surface area contributed by atoms with Gasteiger partial charge in [0.2, 0.25) is 0 Å². The zero-order valence-corrected chi connectivity index (χ0v) is 12.5. The van der Waals surface area contributed by atoms with Crippen LogP contribution in [0.5, 0.6) is 0 Å². The van der Waals surface area contributed by atoms with Crippen LogP contribution >= 0.6 is 0 Å². The van der Waals surface area contributed by atoms with E-state index in [2.05, 4.69) is 13.8 Å². The minimum atomic E-state index is 0.521. The number of unbranched alkanes of at least 4 members (excludes halogenated alkanes) is 2. The van der Waals surface area contributed by atoms with Crippen molar-refractivity contribution in [1.29, 1.82) is 0 Å². The van der Waals surface area contributed by atoms with E-state index in [1.165, 1.54) is 63.8 Å². The Kier molecular flexibility index (Phi) is 9.78. The van der Waals surface area contributed by atoms with E-state index < -0.39 is 0 Å². The minimum absolute atomic E-state index is 0.521. The molecule has 1 aliphatic rings. The van der Waals surface area contributed by atoms with Gasteiger partial charge in [0, 0.05) is 13.2 Å². The lowest BCUT2D eigenvalue weighted by Crippen LogP contribution is -2.25. The van der Waals surface area contributed by atoms with Crippen molar-refractivity contribution in [3.05, 3.63) is 0 Å². The van der Waals surface area contributed by atoms with Gasteiger partial charge in [-0.25, -0.2) is 0 Å². The molecule has 2 nitrogen and oxygen atoms in total. The van der Waals surface area contributed by atoms with Crippen molar-refractivity contribution < 1.29 is 9.31 Å². The van der Waals surface area contributed by atoms with Crippen LogP contribution in [0.3, 0.4) is 0 Å². The lowest BCUT2D eigenvalue weighted by atomic mass is 9.49. The molecule has 0 aliphatic carbocycles. The van der Waals surface area contributed by atoms with Crippen molar-refractivity contribution in [2.75, 3.05) is 13.2 Å². The molecule has 0 N–H and O–H groups in total. The Morgan fingerprint density at radius 3 is 1.44 bits per heavy atom. The SMILES string of the molecule is CCCCOB1CCCB(OCCCC)CCC1. The molecule has 1 rings (SSSR count). The van der Waals surface area contributed by atoms with Crippen molar-refractivity contribution in [3.63, 3.8) is 0 Å². The van der Waals surface area contributed by atoms with Crippen LogP contribution in [0, 0.1) is 0 Å². The molecule has 104 valence electrons. The topological polar surface area (TPSA) is 18.5 Å². The van der Waals surface area contributed by atoms with Gasteiger partial charge in [0.15, 0.2) is 0 Å². The average Bonchev–Trinajstić information content (AvgIpc) is 2.34. The summed E-state index contributed by atoms with van der Waals surface area (Å²) in [6.07, 6.45) is 12.4. The molecule has 1 heterocycles. The van der Waals surface area contributed by atoms with Crippen LogP contribution in [0.25, 0.3) is 0 Å². The van der Waals surface area contributed by atoms with E-state index in [0.29, 0.717) is 13.8 Å². The lowest BCUT2D eigenvalue weighted by Gasteiger charge is -2.21. The highest BCUT2D eigenvalue weighted by Gasteiger charge is 2.23. The molecule has 0 aromatic carbocycles. The molecule has 18 heavy (non-hydrogen) atoms. The van der Waals surface area contributed by atoms with Crippen LogP contribution in [-0.4, -0.2) is 27.0 Å². The van der Waals surface area contributed by atoms with Gasteiger partial charge in [0.1, 0.15) is 0 Å². The molecule has 1 aliphatic heterocycles.